The molecule has 0 saturated carbocycles. The number of benzene rings is 1. The van der Waals surface area contributed by atoms with E-state index in [1.807, 2.05) is 0 Å². The number of hydrogen-bond donors (Lipinski definition) is 1. The van der Waals surface area contributed by atoms with Crippen LogP contribution in [0.1, 0.15) is 50.8 Å². The van der Waals surface area contributed by atoms with Crippen molar-refractivity contribution in [2.45, 2.75) is 46.5 Å². The van der Waals surface area contributed by atoms with Crippen molar-refractivity contribution in [2.24, 2.45) is 5.73 Å². The molecular formula is C16H25N. The average Bonchev–Trinajstić information content (AvgIpc) is 2.24. The third-order valence-corrected chi connectivity index (χ3v) is 3.15. The van der Waals surface area contributed by atoms with Crippen molar-refractivity contribution in [3.8, 4) is 0 Å². The number of aryl methyl sites for hydroxylation is 1. The van der Waals surface area contributed by atoms with Crippen molar-refractivity contribution < 1.29 is 0 Å². The van der Waals surface area contributed by atoms with Crippen LogP contribution in [-0.4, -0.2) is 6.54 Å². The van der Waals surface area contributed by atoms with E-state index < -0.39 is 0 Å². The molecule has 0 saturated heterocycles. The summed E-state index contributed by atoms with van der Waals surface area (Å²) >= 11 is 0. The van der Waals surface area contributed by atoms with E-state index in [4.69, 9.17) is 5.73 Å². The lowest BCUT2D eigenvalue weighted by atomic mass is 9.84. The molecular weight excluding hydrogens is 206 g/mol. The molecule has 94 valence electrons. The lowest BCUT2D eigenvalue weighted by Gasteiger charge is -2.21. The van der Waals surface area contributed by atoms with Crippen LogP contribution < -0.4 is 5.73 Å². The molecule has 1 nitrogen and oxygen atoms in total. The minimum atomic E-state index is 0.205. The summed E-state index contributed by atoms with van der Waals surface area (Å²) in [5.74, 6) is 0. The zero-order valence-electron chi connectivity index (χ0n) is 11.8. The Kier molecular flexibility index (Phi) is 4.53. The highest BCUT2D eigenvalue weighted by Gasteiger charge is 2.14. The summed E-state index contributed by atoms with van der Waals surface area (Å²) in [6, 6.07) is 6.77. The lowest BCUT2D eigenvalue weighted by molar-refractivity contribution is 0.590. The van der Waals surface area contributed by atoms with Crippen LogP contribution in [-0.2, 0) is 5.41 Å². The zero-order chi connectivity index (χ0) is 13.1. The van der Waals surface area contributed by atoms with Crippen molar-refractivity contribution in [3.05, 3.63) is 41.0 Å². The molecule has 0 aliphatic carbocycles. The fourth-order valence-electron chi connectivity index (χ4n) is 1.92. The molecule has 0 heterocycles. The predicted molar refractivity (Wildman–Crippen MR) is 77.2 cm³/mol. The van der Waals surface area contributed by atoms with Crippen LogP contribution in [0.2, 0.25) is 0 Å². The second-order valence-electron chi connectivity index (χ2n) is 5.74. The molecule has 17 heavy (non-hydrogen) atoms. The SMILES string of the molecule is C/C(=C\CCN)c1cc(C(C)(C)C)ccc1C. The summed E-state index contributed by atoms with van der Waals surface area (Å²) in [7, 11) is 0. The largest absolute Gasteiger partial charge is 0.330 e. The van der Waals surface area contributed by atoms with E-state index in [1.54, 1.807) is 0 Å². The highest BCUT2D eigenvalue weighted by atomic mass is 14.5. The topological polar surface area (TPSA) is 26.0 Å². The summed E-state index contributed by atoms with van der Waals surface area (Å²) in [5.41, 5.74) is 11.2. The first-order chi connectivity index (χ1) is 7.86. The van der Waals surface area contributed by atoms with Gasteiger partial charge >= 0.3 is 0 Å². The second kappa shape index (κ2) is 5.50. The number of hydrogen-bond acceptors (Lipinski definition) is 1. The summed E-state index contributed by atoms with van der Waals surface area (Å²) in [5, 5.41) is 0. The van der Waals surface area contributed by atoms with Gasteiger partial charge < -0.3 is 5.73 Å². The van der Waals surface area contributed by atoms with Gasteiger partial charge in [0, 0.05) is 0 Å². The van der Waals surface area contributed by atoms with E-state index in [2.05, 4.69) is 58.9 Å². The summed E-state index contributed by atoms with van der Waals surface area (Å²) < 4.78 is 0. The molecule has 0 radical (unpaired) electrons. The minimum Gasteiger partial charge on any atom is -0.330 e. The first-order valence-electron chi connectivity index (χ1n) is 6.34. The Morgan fingerprint density at radius 3 is 2.47 bits per heavy atom. The molecule has 1 rings (SSSR count). The predicted octanol–water partition coefficient (Wildman–Crippen LogP) is 4.04. The van der Waals surface area contributed by atoms with Gasteiger partial charge in [-0.3, -0.25) is 0 Å². The maximum atomic E-state index is 5.55. The van der Waals surface area contributed by atoms with E-state index in [0.717, 1.165) is 13.0 Å². The molecule has 2 N–H and O–H groups in total. The van der Waals surface area contributed by atoms with Crippen LogP contribution in [0.4, 0.5) is 0 Å². The van der Waals surface area contributed by atoms with Gasteiger partial charge in [-0.2, -0.15) is 0 Å². The van der Waals surface area contributed by atoms with Crippen molar-refractivity contribution in [3.63, 3.8) is 0 Å². The quantitative estimate of drug-likeness (QED) is 0.834. The molecule has 0 amide bonds. The van der Waals surface area contributed by atoms with Gasteiger partial charge in [0.25, 0.3) is 0 Å². The molecule has 1 aromatic carbocycles. The Hall–Kier alpha value is -1.08. The first kappa shape index (κ1) is 14.0. The lowest BCUT2D eigenvalue weighted by Crippen LogP contribution is -2.11. The fourth-order valence-corrected chi connectivity index (χ4v) is 1.92. The summed E-state index contributed by atoms with van der Waals surface area (Å²) in [6.45, 7) is 11.8. The Morgan fingerprint density at radius 2 is 1.94 bits per heavy atom. The molecule has 0 fully saturated rings. The number of rotatable bonds is 3. The Bertz CT molecular complexity index is 408. The molecule has 1 heteroatoms. The normalized spacial score (nSPS) is 12.9. The summed E-state index contributed by atoms with van der Waals surface area (Å²) in [4.78, 5) is 0. The summed E-state index contributed by atoms with van der Waals surface area (Å²) in [6.07, 6.45) is 3.18. The monoisotopic (exact) mass is 231 g/mol. The molecule has 0 aliphatic rings. The Morgan fingerprint density at radius 1 is 1.29 bits per heavy atom. The van der Waals surface area contributed by atoms with Crippen LogP contribution in [0, 0.1) is 6.92 Å². The minimum absolute atomic E-state index is 0.205. The van der Waals surface area contributed by atoms with Gasteiger partial charge in [0.2, 0.25) is 0 Å². The van der Waals surface area contributed by atoms with E-state index in [1.165, 1.54) is 22.3 Å². The number of nitrogens with two attached hydrogens (primary N) is 1. The molecule has 0 aliphatic heterocycles. The molecule has 0 bridgehead atoms. The van der Waals surface area contributed by atoms with Gasteiger partial charge in [-0.05, 0) is 54.5 Å². The maximum absolute atomic E-state index is 5.55. The molecule has 1 aromatic rings. The number of allylic oxidation sites excluding steroid dienone is 1. The van der Waals surface area contributed by atoms with Crippen LogP contribution in [0.25, 0.3) is 5.57 Å². The molecule has 0 atom stereocenters. The Balaban J connectivity index is 3.15. The van der Waals surface area contributed by atoms with Crippen LogP contribution >= 0.6 is 0 Å². The zero-order valence-corrected chi connectivity index (χ0v) is 11.8. The van der Waals surface area contributed by atoms with Crippen LogP contribution in [0.15, 0.2) is 24.3 Å². The van der Waals surface area contributed by atoms with Gasteiger partial charge in [0.05, 0.1) is 0 Å². The van der Waals surface area contributed by atoms with Gasteiger partial charge in [-0.1, -0.05) is 45.0 Å². The maximum Gasteiger partial charge on any atom is -0.00424 e. The molecule has 0 spiro atoms. The third-order valence-electron chi connectivity index (χ3n) is 3.15. The average molecular weight is 231 g/mol. The van der Waals surface area contributed by atoms with E-state index in [0.29, 0.717) is 0 Å². The van der Waals surface area contributed by atoms with Crippen molar-refractivity contribution in [1.82, 2.24) is 0 Å². The van der Waals surface area contributed by atoms with Crippen molar-refractivity contribution in [2.75, 3.05) is 6.54 Å². The first-order valence-corrected chi connectivity index (χ1v) is 6.34. The fraction of sp³-hybridized carbons (Fsp3) is 0.500. The molecule has 0 unspecified atom stereocenters. The standard InChI is InChI=1S/C16H25N/c1-12(7-6-10-17)15-11-14(16(3,4)5)9-8-13(15)2/h7-9,11H,6,10,17H2,1-5H3/b12-7+. The second-order valence-corrected chi connectivity index (χ2v) is 5.74. The highest BCUT2D eigenvalue weighted by molar-refractivity contribution is 5.67. The smallest absolute Gasteiger partial charge is 0.00424 e. The van der Waals surface area contributed by atoms with Gasteiger partial charge in [-0.25, -0.2) is 0 Å². The van der Waals surface area contributed by atoms with Crippen LogP contribution in [0.3, 0.4) is 0 Å². The van der Waals surface area contributed by atoms with Crippen molar-refractivity contribution in [1.29, 1.82) is 0 Å². The Labute approximate surface area is 106 Å². The van der Waals surface area contributed by atoms with E-state index in [9.17, 15) is 0 Å². The van der Waals surface area contributed by atoms with Gasteiger partial charge in [-0.15, -0.1) is 0 Å². The van der Waals surface area contributed by atoms with Gasteiger partial charge in [0.1, 0.15) is 0 Å². The van der Waals surface area contributed by atoms with E-state index in [-0.39, 0.29) is 5.41 Å². The van der Waals surface area contributed by atoms with E-state index >= 15 is 0 Å². The van der Waals surface area contributed by atoms with Gasteiger partial charge in [0.15, 0.2) is 0 Å². The van der Waals surface area contributed by atoms with Crippen molar-refractivity contribution >= 4 is 5.57 Å². The molecule has 0 aromatic heterocycles. The van der Waals surface area contributed by atoms with Crippen LogP contribution in [0.5, 0.6) is 0 Å². The highest BCUT2D eigenvalue weighted by Crippen LogP contribution is 2.27. The third kappa shape index (κ3) is 3.71.